The van der Waals surface area contributed by atoms with Crippen LogP contribution in [0.25, 0.3) is 0 Å². The topological polar surface area (TPSA) is 105 Å². The maximum Gasteiger partial charge on any atom is 0.407 e. The largest absolute Gasteiger partial charge is 0.444 e. The standard InChI is InChI=1S/C20H25N3O5/c1-20(2,3)28-19(27)21-10-12-7-8-14-13(9-12)11-23(18(14)26)15-5-4-6-16(24)22-17(15)25/h7-9,15H,4-6,10-11H2,1-3H3,(H,21,27)(H,22,24,25)/t15-/m0/s1. The van der Waals surface area contributed by atoms with E-state index in [4.69, 9.17) is 4.74 Å². The van der Waals surface area contributed by atoms with Gasteiger partial charge in [-0.3, -0.25) is 19.7 Å². The number of carbonyl (C=O) groups excluding carboxylic acids is 4. The number of benzene rings is 1. The van der Waals surface area contributed by atoms with Crippen LogP contribution >= 0.6 is 0 Å². The first kappa shape index (κ1) is 19.9. The third-order valence-electron chi connectivity index (χ3n) is 4.66. The smallest absolute Gasteiger partial charge is 0.407 e. The second kappa shape index (κ2) is 7.61. The van der Waals surface area contributed by atoms with Crippen LogP contribution in [-0.4, -0.2) is 40.4 Å². The van der Waals surface area contributed by atoms with Gasteiger partial charge in [-0.1, -0.05) is 12.1 Å². The summed E-state index contributed by atoms with van der Waals surface area (Å²) in [5.74, 6) is -0.932. The fraction of sp³-hybridized carbons (Fsp3) is 0.500. The second-order valence-corrected chi connectivity index (χ2v) is 8.10. The molecule has 0 aliphatic carbocycles. The van der Waals surface area contributed by atoms with Crippen LogP contribution < -0.4 is 10.6 Å². The Kier molecular flexibility index (Phi) is 5.40. The molecule has 8 nitrogen and oxygen atoms in total. The van der Waals surface area contributed by atoms with Gasteiger partial charge in [0, 0.05) is 25.1 Å². The molecule has 1 atom stereocenters. The molecule has 0 aromatic heterocycles. The molecule has 1 aromatic carbocycles. The van der Waals surface area contributed by atoms with Crippen LogP contribution in [0.5, 0.6) is 0 Å². The van der Waals surface area contributed by atoms with E-state index in [1.165, 1.54) is 4.90 Å². The van der Waals surface area contributed by atoms with Crippen LogP contribution in [0.4, 0.5) is 4.79 Å². The lowest BCUT2D eigenvalue weighted by atomic mass is 10.1. The molecule has 8 heteroatoms. The molecule has 0 radical (unpaired) electrons. The van der Waals surface area contributed by atoms with E-state index in [0.717, 1.165) is 11.1 Å². The van der Waals surface area contributed by atoms with Crippen molar-refractivity contribution in [3.8, 4) is 0 Å². The van der Waals surface area contributed by atoms with E-state index >= 15 is 0 Å². The predicted molar refractivity (Wildman–Crippen MR) is 100 cm³/mol. The van der Waals surface area contributed by atoms with E-state index in [1.54, 1.807) is 32.9 Å². The van der Waals surface area contributed by atoms with Crippen molar-refractivity contribution >= 4 is 23.8 Å². The SMILES string of the molecule is CC(C)(C)OC(=O)NCc1ccc2c(c1)CN([C@H]1CCCC(=O)NC1=O)C2=O. The Morgan fingerprint density at radius 3 is 2.75 bits per heavy atom. The van der Waals surface area contributed by atoms with Crippen molar-refractivity contribution in [3.63, 3.8) is 0 Å². The Labute approximate surface area is 163 Å². The summed E-state index contributed by atoms with van der Waals surface area (Å²) in [5.41, 5.74) is 1.61. The minimum Gasteiger partial charge on any atom is -0.444 e. The van der Waals surface area contributed by atoms with E-state index in [2.05, 4.69) is 10.6 Å². The van der Waals surface area contributed by atoms with Gasteiger partial charge in [-0.25, -0.2) is 4.79 Å². The Hall–Kier alpha value is -2.90. The van der Waals surface area contributed by atoms with Gasteiger partial charge < -0.3 is 15.0 Å². The third-order valence-corrected chi connectivity index (χ3v) is 4.66. The lowest BCUT2D eigenvalue weighted by molar-refractivity contribution is -0.132. The van der Waals surface area contributed by atoms with E-state index in [1.807, 2.05) is 6.07 Å². The van der Waals surface area contributed by atoms with E-state index in [-0.39, 0.29) is 24.8 Å². The molecule has 150 valence electrons. The number of rotatable bonds is 3. The predicted octanol–water partition coefficient (Wildman–Crippen LogP) is 1.86. The second-order valence-electron chi connectivity index (χ2n) is 8.10. The monoisotopic (exact) mass is 387 g/mol. The molecule has 1 fully saturated rings. The molecule has 0 bridgehead atoms. The van der Waals surface area contributed by atoms with Gasteiger partial charge in [-0.2, -0.15) is 0 Å². The zero-order valence-electron chi connectivity index (χ0n) is 16.3. The van der Waals surface area contributed by atoms with Gasteiger partial charge in [0.2, 0.25) is 11.8 Å². The highest BCUT2D eigenvalue weighted by molar-refractivity contribution is 6.04. The first-order chi connectivity index (χ1) is 13.1. The number of hydrogen-bond donors (Lipinski definition) is 2. The number of ether oxygens (including phenoxy) is 1. The van der Waals surface area contributed by atoms with Crippen molar-refractivity contribution in [2.24, 2.45) is 0 Å². The molecule has 2 aliphatic heterocycles. The summed E-state index contributed by atoms with van der Waals surface area (Å²) >= 11 is 0. The molecule has 0 spiro atoms. The summed E-state index contributed by atoms with van der Waals surface area (Å²) in [6.07, 6.45) is 0.806. The number of amides is 4. The Morgan fingerprint density at radius 1 is 1.29 bits per heavy atom. The maximum absolute atomic E-state index is 12.7. The minimum atomic E-state index is -0.644. The zero-order valence-corrected chi connectivity index (χ0v) is 16.3. The Bertz CT molecular complexity index is 828. The van der Waals surface area contributed by atoms with Crippen LogP contribution in [-0.2, 0) is 27.4 Å². The highest BCUT2D eigenvalue weighted by atomic mass is 16.6. The van der Waals surface area contributed by atoms with Gasteiger partial charge in [0.05, 0.1) is 0 Å². The molecule has 4 amide bonds. The van der Waals surface area contributed by atoms with Crippen molar-refractivity contribution in [2.75, 3.05) is 0 Å². The van der Waals surface area contributed by atoms with Crippen molar-refractivity contribution in [1.82, 2.24) is 15.5 Å². The Morgan fingerprint density at radius 2 is 2.04 bits per heavy atom. The molecule has 0 saturated carbocycles. The fourth-order valence-corrected chi connectivity index (χ4v) is 3.41. The van der Waals surface area contributed by atoms with Gasteiger partial charge >= 0.3 is 6.09 Å². The maximum atomic E-state index is 12.7. The summed E-state index contributed by atoms with van der Waals surface area (Å²) in [6.45, 7) is 5.95. The number of alkyl carbamates (subject to hydrolysis) is 1. The molecule has 2 heterocycles. The number of nitrogens with zero attached hydrogens (tertiary/aromatic N) is 1. The molecular formula is C20H25N3O5. The van der Waals surface area contributed by atoms with Crippen molar-refractivity contribution < 1.29 is 23.9 Å². The Balaban J connectivity index is 1.67. The van der Waals surface area contributed by atoms with Crippen molar-refractivity contribution in [1.29, 1.82) is 0 Å². The van der Waals surface area contributed by atoms with Gasteiger partial charge in [0.1, 0.15) is 11.6 Å². The molecule has 1 saturated heterocycles. The lowest BCUT2D eigenvalue weighted by Gasteiger charge is -2.24. The molecule has 2 aliphatic rings. The number of fused-ring (bicyclic) bond motifs is 1. The first-order valence-corrected chi connectivity index (χ1v) is 9.37. The van der Waals surface area contributed by atoms with Crippen LogP contribution in [0.2, 0.25) is 0 Å². The van der Waals surface area contributed by atoms with E-state index in [0.29, 0.717) is 24.9 Å². The number of imide groups is 1. The average Bonchev–Trinajstić information content (AvgIpc) is 2.80. The average molecular weight is 387 g/mol. The van der Waals surface area contributed by atoms with Crippen molar-refractivity contribution in [3.05, 3.63) is 34.9 Å². The quantitative estimate of drug-likeness (QED) is 0.771. The zero-order chi connectivity index (χ0) is 20.5. The third kappa shape index (κ3) is 4.49. The fourth-order valence-electron chi connectivity index (χ4n) is 3.41. The van der Waals surface area contributed by atoms with Crippen LogP contribution in [0.1, 0.15) is 61.5 Å². The minimum absolute atomic E-state index is 0.212. The van der Waals surface area contributed by atoms with Gasteiger partial charge in [0.15, 0.2) is 0 Å². The van der Waals surface area contributed by atoms with E-state index < -0.39 is 23.6 Å². The molecule has 0 unspecified atom stereocenters. The molecule has 3 rings (SSSR count). The lowest BCUT2D eigenvalue weighted by Crippen LogP contribution is -2.46. The highest BCUT2D eigenvalue weighted by Crippen LogP contribution is 2.28. The summed E-state index contributed by atoms with van der Waals surface area (Å²) in [4.78, 5) is 49.9. The van der Waals surface area contributed by atoms with Gasteiger partial charge in [-0.05, 0) is 50.8 Å². The van der Waals surface area contributed by atoms with Gasteiger partial charge in [0.25, 0.3) is 5.91 Å². The number of carbonyl (C=O) groups is 4. The van der Waals surface area contributed by atoms with Crippen LogP contribution in [0.15, 0.2) is 18.2 Å². The van der Waals surface area contributed by atoms with Crippen LogP contribution in [0.3, 0.4) is 0 Å². The summed E-state index contributed by atoms with van der Waals surface area (Å²) < 4.78 is 5.21. The molecule has 28 heavy (non-hydrogen) atoms. The first-order valence-electron chi connectivity index (χ1n) is 9.37. The number of hydrogen-bond acceptors (Lipinski definition) is 5. The van der Waals surface area contributed by atoms with Crippen molar-refractivity contribution in [2.45, 2.75) is 64.8 Å². The highest BCUT2D eigenvalue weighted by Gasteiger charge is 2.37. The molecule has 1 aromatic rings. The number of nitrogens with one attached hydrogen (secondary N) is 2. The summed E-state index contributed by atoms with van der Waals surface area (Å²) in [6, 6.07) is 4.69. The van der Waals surface area contributed by atoms with Crippen LogP contribution in [0, 0.1) is 0 Å². The molecular weight excluding hydrogens is 362 g/mol. The summed E-state index contributed by atoms with van der Waals surface area (Å²) in [7, 11) is 0. The molecule has 2 N–H and O–H groups in total. The summed E-state index contributed by atoms with van der Waals surface area (Å²) in [5, 5.41) is 5.04. The van der Waals surface area contributed by atoms with Gasteiger partial charge in [-0.15, -0.1) is 0 Å². The van der Waals surface area contributed by atoms with E-state index in [9.17, 15) is 19.2 Å². The normalized spacial score (nSPS) is 19.8.